The monoisotopic (exact) mass is 278 g/mol. The number of Topliss-reactive ketones (excluding diaryl/α,β-unsaturated/α-hetero) is 1. The van der Waals surface area contributed by atoms with Crippen molar-refractivity contribution in [2.45, 2.75) is 25.3 Å². The first-order valence-corrected chi connectivity index (χ1v) is 6.16. The molecule has 9 heteroatoms. The largest absolute Gasteiger partial charge is 0.523 e. The van der Waals surface area contributed by atoms with E-state index in [2.05, 4.69) is 4.18 Å². The van der Waals surface area contributed by atoms with Crippen LogP contribution in [0.1, 0.15) is 19.8 Å². The van der Waals surface area contributed by atoms with Gasteiger partial charge in [-0.2, -0.15) is 21.6 Å². The van der Waals surface area contributed by atoms with Gasteiger partial charge in [0.25, 0.3) is 0 Å². The van der Waals surface area contributed by atoms with Crippen LogP contribution in [0, 0.1) is 0 Å². The number of halogens is 3. The Kier molecular flexibility index (Phi) is 6.65. The van der Waals surface area contributed by atoms with Crippen LogP contribution in [0.5, 0.6) is 0 Å². The highest BCUT2D eigenvalue weighted by Gasteiger charge is 2.46. The summed E-state index contributed by atoms with van der Waals surface area (Å²) < 4.78 is 62.1. The quantitative estimate of drug-likeness (QED) is 0.561. The Bertz CT molecular complexity index is 328. The van der Waals surface area contributed by atoms with Gasteiger partial charge >= 0.3 is 15.6 Å². The molecule has 1 aliphatic rings. The van der Waals surface area contributed by atoms with Crippen LogP contribution in [0.4, 0.5) is 13.2 Å². The van der Waals surface area contributed by atoms with E-state index in [9.17, 15) is 26.4 Å². The van der Waals surface area contributed by atoms with Crippen LogP contribution in [0.15, 0.2) is 0 Å². The highest BCUT2D eigenvalue weighted by molar-refractivity contribution is 7.87. The summed E-state index contributed by atoms with van der Waals surface area (Å²) in [7, 11) is -5.35. The van der Waals surface area contributed by atoms with E-state index in [4.69, 9.17) is 4.74 Å². The fourth-order valence-corrected chi connectivity index (χ4v) is 1.26. The highest BCUT2D eigenvalue weighted by atomic mass is 32.2. The van der Waals surface area contributed by atoms with Gasteiger partial charge in [-0.25, -0.2) is 0 Å². The van der Waals surface area contributed by atoms with Crippen LogP contribution in [0.2, 0.25) is 0 Å². The number of hydrogen-bond acceptors (Lipinski definition) is 5. The first-order chi connectivity index (χ1) is 7.70. The second-order valence-corrected chi connectivity index (χ2v) is 4.56. The Morgan fingerprint density at radius 2 is 1.76 bits per heavy atom. The molecule has 1 heterocycles. The summed E-state index contributed by atoms with van der Waals surface area (Å²) in [5.74, 6) is 0.339. The molecule has 0 saturated carbocycles. The molecule has 0 aromatic heterocycles. The average Bonchev–Trinajstić information content (AvgIpc) is 2.18. The lowest BCUT2D eigenvalue weighted by Gasteiger charge is -2.07. The van der Waals surface area contributed by atoms with E-state index in [1.807, 2.05) is 0 Å². The molecule has 1 rings (SSSR count). The molecular formula is C8H13F3O5S. The Labute approximate surface area is 97.0 Å². The zero-order chi connectivity index (χ0) is 13.5. The molecule has 0 aromatic carbocycles. The molecule has 0 aromatic rings. The summed E-state index contributed by atoms with van der Waals surface area (Å²) in [4.78, 5) is 10.4. The molecular weight excluding hydrogens is 265 g/mol. The highest BCUT2D eigenvalue weighted by Crippen LogP contribution is 2.24. The molecule has 1 fully saturated rings. The van der Waals surface area contributed by atoms with E-state index in [1.165, 1.54) is 0 Å². The summed E-state index contributed by atoms with van der Waals surface area (Å²) >= 11 is 0. The summed E-state index contributed by atoms with van der Waals surface area (Å²) in [6, 6.07) is 0. The molecule has 0 aliphatic carbocycles. The van der Waals surface area contributed by atoms with Crippen molar-refractivity contribution >= 4 is 15.9 Å². The zero-order valence-electron chi connectivity index (χ0n) is 9.12. The number of ketones is 1. The maximum Gasteiger partial charge on any atom is 0.523 e. The van der Waals surface area contributed by atoms with Gasteiger partial charge in [0.05, 0.1) is 19.8 Å². The van der Waals surface area contributed by atoms with Gasteiger partial charge in [0.2, 0.25) is 0 Å². The lowest BCUT2D eigenvalue weighted by Crippen LogP contribution is -2.25. The summed E-state index contributed by atoms with van der Waals surface area (Å²) in [6.07, 6.45) is 1.25. The standard InChI is InChI=1S/C5H8O2.C3H5F3O3S/c6-5-1-3-7-4-2-5;1-2-9-10(7,8)3(4,5)6/h1-4H2;2H2,1H3. The Hall–Kier alpha value is -0.670. The third-order valence-corrected chi connectivity index (χ3v) is 2.72. The molecule has 17 heavy (non-hydrogen) atoms. The van der Waals surface area contributed by atoms with Gasteiger partial charge in [-0.3, -0.25) is 8.98 Å². The molecule has 0 amide bonds. The zero-order valence-corrected chi connectivity index (χ0v) is 9.94. The van der Waals surface area contributed by atoms with Crippen molar-refractivity contribution in [3.63, 3.8) is 0 Å². The van der Waals surface area contributed by atoms with E-state index >= 15 is 0 Å². The predicted molar refractivity (Wildman–Crippen MR) is 51.7 cm³/mol. The Morgan fingerprint density at radius 1 is 1.29 bits per heavy atom. The number of carbonyl (C=O) groups is 1. The van der Waals surface area contributed by atoms with Crippen LogP contribution in [-0.4, -0.2) is 39.5 Å². The van der Waals surface area contributed by atoms with Gasteiger partial charge in [-0.05, 0) is 6.92 Å². The van der Waals surface area contributed by atoms with E-state index in [-0.39, 0.29) is 0 Å². The van der Waals surface area contributed by atoms with E-state index in [0.29, 0.717) is 31.8 Å². The third kappa shape index (κ3) is 6.59. The number of rotatable bonds is 2. The van der Waals surface area contributed by atoms with Crippen molar-refractivity contribution in [2.24, 2.45) is 0 Å². The van der Waals surface area contributed by atoms with Gasteiger partial charge in [0.1, 0.15) is 5.78 Å². The van der Waals surface area contributed by atoms with Crippen molar-refractivity contribution in [2.75, 3.05) is 19.8 Å². The molecule has 1 saturated heterocycles. The van der Waals surface area contributed by atoms with Gasteiger partial charge in [-0.15, -0.1) is 0 Å². The van der Waals surface area contributed by atoms with Crippen LogP contribution >= 0.6 is 0 Å². The average molecular weight is 278 g/mol. The molecule has 0 radical (unpaired) electrons. The predicted octanol–water partition coefficient (Wildman–Crippen LogP) is 1.24. The van der Waals surface area contributed by atoms with Crippen molar-refractivity contribution < 1.29 is 35.3 Å². The van der Waals surface area contributed by atoms with Gasteiger partial charge in [-0.1, -0.05) is 0 Å². The molecule has 0 unspecified atom stereocenters. The summed E-state index contributed by atoms with van der Waals surface area (Å²) in [6.45, 7) is 1.92. The number of ether oxygens (including phenoxy) is 1. The molecule has 0 bridgehead atoms. The lowest BCUT2D eigenvalue weighted by atomic mass is 10.2. The SMILES string of the molecule is CCOS(=O)(=O)C(F)(F)F.O=C1CCOCC1. The van der Waals surface area contributed by atoms with Gasteiger partial charge < -0.3 is 4.74 Å². The molecule has 0 spiro atoms. The second kappa shape index (κ2) is 6.92. The topological polar surface area (TPSA) is 69.7 Å². The van der Waals surface area contributed by atoms with E-state index in [1.54, 1.807) is 0 Å². The number of hydrogen-bond donors (Lipinski definition) is 0. The van der Waals surface area contributed by atoms with Crippen LogP contribution in [-0.2, 0) is 23.8 Å². The molecule has 1 aliphatic heterocycles. The molecule has 0 atom stereocenters. The number of alkyl halides is 3. The maximum absolute atomic E-state index is 11.3. The van der Waals surface area contributed by atoms with Gasteiger partial charge in [0.15, 0.2) is 0 Å². The summed E-state index contributed by atoms with van der Waals surface area (Å²) in [5.41, 5.74) is -5.30. The maximum atomic E-state index is 11.3. The first-order valence-electron chi connectivity index (χ1n) is 4.76. The Balaban J connectivity index is 0.000000318. The molecule has 102 valence electrons. The lowest BCUT2D eigenvalue weighted by molar-refractivity contribution is -0.124. The van der Waals surface area contributed by atoms with E-state index < -0.39 is 22.2 Å². The molecule has 0 N–H and O–H groups in total. The third-order valence-electron chi connectivity index (χ3n) is 1.61. The van der Waals surface area contributed by atoms with E-state index in [0.717, 1.165) is 6.92 Å². The minimum Gasteiger partial charge on any atom is -0.381 e. The fraction of sp³-hybridized carbons (Fsp3) is 0.875. The Morgan fingerprint density at radius 3 is 1.94 bits per heavy atom. The minimum absolute atomic E-state index is 0.339. The van der Waals surface area contributed by atoms with Crippen molar-refractivity contribution in [1.82, 2.24) is 0 Å². The van der Waals surface area contributed by atoms with Crippen LogP contribution in [0.25, 0.3) is 0 Å². The normalized spacial score (nSPS) is 17.3. The fourth-order valence-electron chi connectivity index (χ4n) is 0.821. The number of carbonyl (C=O) groups excluding carboxylic acids is 1. The molecule has 5 nitrogen and oxygen atoms in total. The smallest absolute Gasteiger partial charge is 0.381 e. The minimum atomic E-state index is -5.35. The summed E-state index contributed by atoms with van der Waals surface area (Å²) in [5, 5.41) is 0. The first kappa shape index (κ1) is 16.3. The van der Waals surface area contributed by atoms with Crippen LogP contribution < -0.4 is 0 Å². The van der Waals surface area contributed by atoms with Crippen LogP contribution in [0.3, 0.4) is 0 Å². The second-order valence-electron chi connectivity index (χ2n) is 2.96. The van der Waals surface area contributed by atoms with Gasteiger partial charge in [0, 0.05) is 12.8 Å². The van der Waals surface area contributed by atoms with Crippen molar-refractivity contribution in [3.8, 4) is 0 Å². The van der Waals surface area contributed by atoms with Crippen molar-refractivity contribution in [1.29, 1.82) is 0 Å². The van der Waals surface area contributed by atoms with Crippen molar-refractivity contribution in [3.05, 3.63) is 0 Å².